The summed E-state index contributed by atoms with van der Waals surface area (Å²) in [7, 11) is 0. The van der Waals surface area contributed by atoms with Crippen LogP contribution in [0.25, 0.3) is 0 Å². The highest BCUT2D eigenvalue weighted by Gasteiger charge is 2.26. The van der Waals surface area contributed by atoms with Crippen LogP contribution in [0.5, 0.6) is 0 Å². The number of likely N-dealkylation sites (tertiary alicyclic amines) is 1. The highest BCUT2D eigenvalue weighted by Crippen LogP contribution is 2.23. The van der Waals surface area contributed by atoms with E-state index in [1.54, 1.807) is 0 Å². The lowest BCUT2D eigenvalue weighted by Gasteiger charge is -2.27. The Hall–Kier alpha value is -0.0800. The summed E-state index contributed by atoms with van der Waals surface area (Å²) >= 11 is 0. The highest BCUT2D eigenvalue weighted by molar-refractivity contribution is 4.81. The van der Waals surface area contributed by atoms with Gasteiger partial charge in [0.05, 0.1) is 0 Å². The van der Waals surface area contributed by atoms with Crippen molar-refractivity contribution in [3.63, 3.8) is 0 Å². The van der Waals surface area contributed by atoms with Crippen molar-refractivity contribution in [3.8, 4) is 0 Å². The number of hydrogen-bond acceptors (Lipinski definition) is 2. The first-order valence-corrected chi connectivity index (χ1v) is 7.26. The third-order valence-electron chi connectivity index (χ3n) is 3.81. The maximum atomic E-state index is 3.57. The molecule has 0 saturated carbocycles. The van der Waals surface area contributed by atoms with Crippen molar-refractivity contribution in [2.45, 2.75) is 58.9 Å². The minimum atomic E-state index is 0.772. The van der Waals surface area contributed by atoms with E-state index < -0.39 is 0 Å². The zero-order valence-electron chi connectivity index (χ0n) is 11.5. The van der Waals surface area contributed by atoms with Gasteiger partial charge in [0, 0.05) is 19.1 Å². The van der Waals surface area contributed by atoms with Gasteiger partial charge in [0.1, 0.15) is 0 Å². The van der Waals surface area contributed by atoms with Gasteiger partial charge < -0.3 is 5.32 Å². The van der Waals surface area contributed by atoms with Crippen LogP contribution < -0.4 is 5.32 Å². The molecule has 0 aromatic carbocycles. The van der Waals surface area contributed by atoms with Crippen molar-refractivity contribution in [2.24, 2.45) is 5.92 Å². The first kappa shape index (κ1) is 14.0. The summed E-state index contributed by atoms with van der Waals surface area (Å²) in [4.78, 5) is 2.71. The molecular weight excluding hydrogens is 196 g/mol. The molecule has 0 bridgehead atoms. The first-order valence-electron chi connectivity index (χ1n) is 7.26. The second-order valence-electron chi connectivity index (χ2n) is 5.20. The quantitative estimate of drug-likeness (QED) is 0.640. The summed E-state index contributed by atoms with van der Waals surface area (Å²) in [6, 6.07) is 0.772. The van der Waals surface area contributed by atoms with Crippen LogP contribution in [-0.2, 0) is 0 Å². The van der Waals surface area contributed by atoms with Crippen molar-refractivity contribution >= 4 is 0 Å². The Morgan fingerprint density at radius 1 is 1.25 bits per heavy atom. The predicted octanol–water partition coefficient (Wildman–Crippen LogP) is 2.89. The lowest BCUT2D eigenvalue weighted by Crippen LogP contribution is -2.41. The van der Waals surface area contributed by atoms with Crippen LogP contribution in [0.4, 0.5) is 0 Å². The molecule has 1 aliphatic rings. The molecule has 16 heavy (non-hydrogen) atoms. The maximum Gasteiger partial charge on any atom is 0.0218 e. The van der Waals surface area contributed by atoms with Crippen LogP contribution in [0.3, 0.4) is 0 Å². The van der Waals surface area contributed by atoms with E-state index >= 15 is 0 Å². The van der Waals surface area contributed by atoms with Gasteiger partial charge in [0.15, 0.2) is 0 Å². The Balaban J connectivity index is 2.25. The molecule has 2 heteroatoms. The highest BCUT2D eigenvalue weighted by atomic mass is 15.2. The molecule has 0 aromatic heterocycles. The summed E-state index contributed by atoms with van der Waals surface area (Å²) in [6.45, 7) is 11.9. The van der Waals surface area contributed by atoms with E-state index in [4.69, 9.17) is 0 Å². The third kappa shape index (κ3) is 4.42. The lowest BCUT2D eigenvalue weighted by atomic mass is 10.0. The summed E-state index contributed by atoms with van der Waals surface area (Å²) in [5.74, 6) is 0.977. The fourth-order valence-electron chi connectivity index (χ4n) is 2.82. The van der Waals surface area contributed by atoms with Crippen LogP contribution in [0, 0.1) is 5.92 Å². The van der Waals surface area contributed by atoms with E-state index in [9.17, 15) is 0 Å². The third-order valence-corrected chi connectivity index (χ3v) is 3.81. The molecule has 0 aromatic rings. The smallest absolute Gasteiger partial charge is 0.0218 e. The fraction of sp³-hybridized carbons (Fsp3) is 1.00. The summed E-state index contributed by atoms with van der Waals surface area (Å²) in [6.07, 6.45) is 6.74. The molecule has 0 spiro atoms. The Bertz CT molecular complexity index is 170. The standard InChI is InChI=1S/C14H30N2/c1-4-7-13-8-10-16(12-13)14(6-3)11-15-9-5-2/h13-15H,4-12H2,1-3H3. The number of rotatable bonds is 8. The lowest BCUT2D eigenvalue weighted by molar-refractivity contribution is 0.220. The normalized spacial score (nSPS) is 23.8. The van der Waals surface area contributed by atoms with Crippen LogP contribution in [0.2, 0.25) is 0 Å². The molecule has 0 aliphatic carbocycles. The van der Waals surface area contributed by atoms with Gasteiger partial charge in [-0.25, -0.2) is 0 Å². The van der Waals surface area contributed by atoms with Gasteiger partial charge in [-0.15, -0.1) is 0 Å². The zero-order valence-corrected chi connectivity index (χ0v) is 11.5. The predicted molar refractivity (Wildman–Crippen MR) is 71.8 cm³/mol. The minimum Gasteiger partial charge on any atom is -0.315 e. The topological polar surface area (TPSA) is 15.3 Å². The largest absolute Gasteiger partial charge is 0.315 e. The molecule has 1 heterocycles. The molecule has 1 aliphatic heterocycles. The molecule has 2 nitrogen and oxygen atoms in total. The molecule has 1 fully saturated rings. The van der Waals surface area contributed by atoms with Crippen LogP contribution in [0.1, 0.15) is 52.9 Å². The van der Waals surface area contributed by atoms with Gasteiger partial charge in [0.25, 0.3) is 0 Å². The van der Waals surface area contributed by atoms with Crippen LogP contribution in [-0.4, -0.2) is 37.1 Å². The van der Waals surface area contributed by atoms with E-state index in [1.165, 1.54) is 58.3 Å². The van der Waals surface area contributed by atoms with E-state index in [2.05, 4.69) is 31.0 Å². The van der Waals surface area contributed by atoms with E-state index in [1.807, 2.05) is 0 Å². The summed E-state index contributed by atoms with van der Waals surface area (Å²) < 4.78 is 0. The molecule has 1 saturated heterocycles. The SMILES string of the molecule is CCCNCC(CC)N1CCC(CCC)C1. The van der Waals surface area contributed by atoms with Gasteiger partial charge in [-0.1, -0.05) is 27.2 Å². The van der Waals surface area contributed by atoms with Gasteiger partial charge in [-0.3, -0.25) is 4.90 Å². The number of nitrogens with one attached hydrogen (secondary N) is 1. The van der Waals surface area contributed by atoms with Gasteiger partial charge in [-0.2, -0.15) is 0 Å². The average molecular weight is 226 g/mol. The van der Waals surface area contributed by atoms with E-state index in [0.29, 0.717) is 0 Å². The van der Waals surface area contributed by atoms with Crippen molar-refractivity contribution in [1.82, 2.24) is 10.2 Å². The number of nitrogens with zero attached hydrogens (tertiary/aromatic N) is 1. The Kier molecular flexibility index (Phi) is 7.06. The van der Waals surface area contributed by atoms with Gasteiger partial charge in [0.2, 0.25) is 0 Å². The molecule has 2 unspecified atom stereocenters. The van der Waals surface area contributed by atoms with E-state index in [-0.39, 0.29) is 0 Å². The molecule has 0 radical (unpaired) electrons. The maximum absolute atomic E-state index is 3.57. The summed E-state index contributed by atoms with van der Waals surface area (Å²) in [5, 5.41) is 3.57. The molecule has 96 valence electrons. The Morgan fingerprint density at radius 3 is 2.69 bits per heavy atom. The molecule has 1 rings (SSSR count). The Labute approximate surface area is 102 Å². The molecule has 1 N–H and O–H groups in total. The van der Waals surface area contributed by atoms with Crippen molar-refractivity contribution in [1.29, 1.82) is 0 Å². The Morgan fingerprint density at radius 2 is 2.06 bits per heavy atom. The fourth-order valence-corrected chi connectivity index (χ4v) is 2.82. The second kappa shape index (κ2) is 8.08. The average Bonchev–Trinajstić information content (AvgIpc) is 2.74. The number of hydrogen-bond donors (Lipinski definition) is 1. The van der Waals surface area contributed by atoms with E-state index in [0.717, 1.165) is 12.0 Å². The first-order chi connectivity index (χ1) is 7.81. The van der Waals surface area contributed by atoms with Gasteiger partial charge in [-0.05, 0) is 44.7 Å². The monoisotopic (exact) mass is 226 g/mol. The minimum absolute atomic E-state index is 0.772. The van der Waals surface area contributed by atoms with Gasteiger partial charge >= 0.3 is 0 Å². The molecular formula is C14H30N2. The molecule has 2 atom stereocenters. The zero-order chi connectivity index (χ0) is 11.8. The van der Waals surface area contributed by atoms with Crippen molar-refractivity contribution in [3.05, 3.63) is 0 Å². The van der Waals surface area contributed by atoms with Crippen molar-refractivity contribution < 1.29 is 0 Å². The van der Waals surface area contributed by atoms with Crippen LogP contribution in [0.15, 0.2) is 0 Å². The van der Waals surface area contributed by atoms with Crippen LogP contribution >= 0.6 is 0 Å². The summed E-state index contributed by atoms with van der Waals surface area (Å²) in [5.41, 5.74) is 0. The van der Waals surface area contributed by atoms with Crippen molar-refractivity contribution in [2.75, 3.05) is 26.2 Å². The second-order valence-corrected chi connectivity index (χ2v) is 5.20. The molecule has 0 amide bonds.